The van der Waals surface area contributed by atoms with Crippen molar-refractivity contribution < 1.29 is 9.84 Å². The number of methoxy groups -OCH3 is 1. The van der Waals surface area contributed by atoms with Gasteiger partial charge in [-0.25, -0.2) is 0 Å². The lowest BCUT2D eigenvalue weighted by Crippen LogP contribution is -2.15. The van der Waals surface area contributed by atoms with Crippen molar-refractivity contribution in [1.29, 1.82) is 0 Å². The van der Waals surface area contributed by atoms with E-state index in [1.807, 2.05) is 30.3 Å². The third-order valence-electron chi connectivity index (χ3n) is 2.75. The van der Waals surface area contributed by atoms with Gasteiger partial charge in [0.05, 0.1) is 19.8 Å². The summed E-state index contributed by atoms with van der Waals surface area (Å²) in [4.78, 5) is 0. The molecule has 0 aliphatic rings. The normalized spacial score (nSPS) is 12.7. The van der Waals surface area contributed by atoms with E-state index in [1.54, 1.807) is 7.11 Å². The average molecular weight is 296 g/mol. The minimum Gasteiger partial charge on any atom is -0.496 e. The molecule has 0 bridgehead atoms. The molecule has 4 heteroatoms. The van der Waals surface area contributed by atoms with E-state index in [-0.39, 0.29) is 6.61 Å². The van der Waals surface area contributed by atoms with Crippen molar-refractivity contribution in [3.63, 3.8) is 0 Å². The Balaban J connectivity index is 2.65. The van der Waals surface area contributed by atoms with Gasteiger partial charge in [0.25, 0.3) is 0 Å². The van der Waals surface area contributed by atoms with Crippen LogP contribution < -0.4 is 10.5 Å². The van der Waals surface area contributed by atoms with Gasteiger partial charge in [0.15, 0.2) is 0 Å². The van der Waals surface area contributed by atoms with Crippen molar-refractivity contribution in [3.05, 3.63) is 40.4 Å². The smallest absolute Gasteiger partial charge is 0.124 e. The number of benzene rings is 2. The summed E-state index contributed by atoms with van der Waals surface area (Å²) < 4.78 is 6.32. The Labute approximate surface area is 108 Å². The van der Waals surface area contributed by atoms with Gasteiger partial charge in [0.2, 0.25) is 0 Å². The molecule has 2 aromatic carbocycles. The van der Waals surface area contributed by atoms with Gasteiger partial charge in [-0.2, -0.15) is 0 Å². The fourth-order valence-corrected chi connectivity index (χ4v) is 2.21. The Kier molecular flexibility index (Phi) is 3.66. The van der Waals surface area contributed by atoms with Crippen molar-refractivity contribution >= 4 is 26.7 Å². The number of fused-ring (bicyclic) bond motifs is 1. The monoisotopic (exact) mass is 295 g/mol. The zero-order valence-electron chi connectivity index (χ0n) is 9.48. The fourth-order valence-electron chi connectivity index (χ4n) is 1.83. The molecule has 1 atom stereocenters. The van der Waals surface area contributed by atoms with E-state index < -0.39 is 6.04 Å². The van der Waals surface area contributed by atoms with Crippen LogP contribution >= 0.6 is 15.9 Å². The highest BCUT2D eigenvalue weighted by Crippen LogP contribution is 2.30. The summed E-state index contributed by atoms with van der Waals surface area (Å²) in [6, 6.07) is 9.48. The first-order valence-corrected chi connectivity index (χ1v) is 6.08. The fraction of sp³-hybridized carbons (Fsp3) is 0.231. The third-order valence-corrected chi connectivity index (χ3v) is 3.24. The van der Waals surface area contributed by atoms with Gasteiger partial charge in [-0.3, -0.25) is 0 Å². The molecule has 0 amide bonds. The summed E-state index contributed by atoms with van der Waals surface area (Å²) in [6.45, 7) is -0.101. The second-order valence-corrected chi connectivity index (χ2v) is 4.79. The molecular weight excluding hydrogens is 282 g/mol. The molecule has 2 rings (SSSR count). The number of hydrogen-bond acceptors (Lipinski definition) is 3. The van der Waals surface area contributed by atoms with Crippen LogP contribution in [-0.2, 0) is 0 Å². The Bertz CT molecular complexity index is 542. The predicted octanol–water partition coefficient (Wildman–Crippen LogP) is 2.60. The summed E-state index contributed by atoms with van der Waals surface area (Å²) >= 11 is 3.43. The van der Waals surface area contributed by atoms with Crippen LogP contribution in [0.3, 0.4) is 0 Å². The molecule has 2 aromatic rings. The minimum atomic E-state index is -0.423. The average Bonchev–Trinajstić information content (AvgIpc) is 2.36. The topological polar surface area (TPSA) is 55.5 Å². The molecule has 0 radical (unpaired) electrons. The van der Waals surface area contributed by atoms with E-state index in [2.05, 4.69) is 15.9 Å². The maximum absolute atomic E-state index is 9.15. The molecule has 0 aromatic heterocycles. The first-order valence-electron chi connectivity index (χ1n) is 5.29. The SMILES string of the molecule is COc1cc2ccc(Br)cc2cc1C(N)CO. The second-order valence-electron chi connectivity index (χ2n) is 3.87. The third kappa shape index (κ3) is 2.44. The first kappa shape index (κ1) is 12.4. The quantitative estimate of drug-likeness (QED) is 0.915. The first-order chi connectivity index (χ1) is 8.15. The molecule has 3 N–H and O–H groups in total. The molecule has 0 heterocycles. The van der Waals surface area contributed by atoms with Gasteiger partial charge >= 0.3 is 0 Å². The highest BCUT2D eigenvalue weighted by Gasteiger charge is 2.12. The zero-order chi connectivity index (χ0) is 12.4. The van der Waals surface area contributed by atoms with Gasteiger partial charge in [0, 0.05) is 10.0 Å². The molecule has 0 aliphatic carbocycles. The van der Waals surface area contributed by atoms with Crippen LogP contribution in [0.1, 0.15) is 11.6 Å². The van der Waals surface area contributed by atoms with Crippen molar-refractivity contribution in [2.75, 3.05) is 13.7 Å². The number of nitrogens with two attached hydrogens (primary N) is 1. The summed E-state index contributed by atoms with van der Waals surface area (Å²) in [5.41, 5.74) is 6.68. The maximum Gasteiger partial charge on any atom is 0.124 e. The van der Waals surface area contributed by atoms with Crippen molar-refractivity contribution in [1.82, 2.24) is 0 Å². The van der Waals surface area contributed by atoms with Crippen LogP contribution in [0.5, 0.6) is 5.75 Å². The molecular formula is C13H14BrNO2. The number of ether oxygens (including phenoxy) is 1. The predicted molar refractivity (Wildman–Crippen MR) is 72.2 cm³/mol. The van der Waals surface area contributed by atoms with E-state index in [0.717, 1.165) is 20.8 Å². The summed E-state index contributed by atoms with van der Waals surface area (Å²) in [5.74, 6) is 0.710. The molecule has 0 saturated heterocycles. The van der Waals surface area contributed by atoms with E-state index in [9.17, 15) is 0 Å². The van der Waals surface area contributed by atoms with Gasteiger partial charge in [-0.05, 0) is 35.0 Å². The molecule has 1 unspecified atom stereocenters. The highest BCUT2D eigenvalue weighted by molar-refractivity contribution is 9.10. The minimum absolute atomic E-state index is 0.101. The van der Waals surface area contributed by atoms with Crippen LogP contribution in [0.25, 0.3) is 10.8 Å². The van der Waals surface area contributed by atoms with Crippen molar-refractivity contribution in [2.24, 2.45) is 5.73 Å². The molecule has 3 nitrogen and oxygen atoms in total. The largest absolute Gasteiger partial charge is 0.496 e. The zero-order valence-corrected chi connectivity index (χ0v) is 11.1. The summed E-state index contributed by atoms with van der Waals surface area (Å²) in [6.07, 6.45) is 0. The van der Waals surface area contributed by atoms with Crippen LogP contribution in [0.2, 0.25) is 0 Å². The van der Waals surface area contributed by atoms with Gasteiger partial charge in [0.1, 0.15) is 5.75 Å². The van der Waals surface area contributed by atoms with E-state index >= 15 is 0 Å². The molecule has 17 heavy (non-hydrogen) atoms. The molecule has 0 aliphatic heterocycles. The van der Waals surface area contributed by atoms with Crippen LogP contribution in [0.4, 0.5) is 0 Å². The van der Waals surface area contributed by atoms with Gasteiger partial charge < -0.3 is 15.6 Å². The maximum atomic E-state index is 9.15. The van der Waals surface area contributed by atoms with E-state index in [0.29, 0.717) is 5.75 Å². The second kappa shape index (κ2) is 5.04. The lowest BCUT2D eigenvalue weighted by molar-refractivity contribution is 0.264. The van der Waals surface area contributed by atoms with Crippen molar-refractivity contribution in [3.8, 4) is 5.75 Å². The Hall–Kier alpha value is -1.10. The number of rotatable bonds is 3. The van der Waals surface area contributed by atoms with Crippen LogP contribution in [0, 0.1) is 0 Å². The van der Waals surface area contributed by atoms with E-state index in [4.69, 9.17) is 15.6 Å². The number of aliphatic hydroxyl groups is 1. The van der Waals surface area contributed by atoms with Gasteiger partial charge in [-0.15, -0.1) is 0 Å². The summed E-state index contributed by atoms with van der Waals surface area (Å²) in [5, 5.41) is 11.3. The molecule has 0 saturated carbocycles. The molecule has 0 spiro atoms. The van der Waals surface area contributed by atoms with Crippen LogP contribution in [-0.4, -0.2) is 18.8 Å². The summed E-state index contributed by atoms with van der Waals surface area (Å²) in [7, 11) is 1.60. The Morgan fingerprint density at radius 3 is 2.71 bits per heavy atom. The van der Waals surface area contributed by atoms with E-state index in [1.165, 1.54) is 0 Å². The van der Waals surface area contributed by atoms with Crippen LogP contribution in [0.15, 0.2) is 34.8 Å². The number of aliphatic hydroxyl groups excluding tert-OH is 1. The Morgan fingerprint density at radius 2 is 2.06 bits per heavy atom. The molecule has 0 fully saturated rings. The lowest BCUT2D eigenvalue weighted by atomic mass is 10.0. The number of halogens is 1. The standard InChI is InChI=1S/C13H14BrNO2/c1-17-13-6-8-2-3-10(14)4-9(8)5-11(13)12(15)7-16/h2-6,12,16H,7,15H2,1H3. The lowest BCUT2D eigenvalue weighted by Gasteiger charge is -2.15. The molecule has 90 valence electrons. The van der Waals surface area contributed by atoms with Crippen molar-refractivity contribution in [2.45, 2.75) is 6.04 Å². The number of hydrogen-bond donors (Lipinski definition) is 2. The van der Waals surface area contributed by atoms with Gasteiger partial charge in [-0.1, -0.05) is 22.0 Å². The highest BCUT2D eigenvalue weighted by atomic mass is 79.9. The Morgan fingerprint density at radius 1 is 1.29 bits per heavy atom.